The molecule has 1 aromatic carbocycles. The zero-order valence-electron chi connectivity index (χ0n) is 13.3. The molecule has 2 N–H and O–H groups in total. The first-order valence-electron chi connectivity index (χ1n) is 7.65. The summed E-state index contributed by atoms with van der Waals surface area (Å²) in [5, 5.41) is 27.1. The Morgan fingerprint density at radius 2 is 2.17 bits per heavy atom. The number of methoxy groups -OCH3 is 1. The lowest BCUT2D eigenvalue weighted by Gasteiger charge is -2.35. The zero-order chi connectivity index (χ0) is 17.1. The third kappa shape index (κ3) is 3.21. The van der Waals surface area contributed by atoms with E-state index in [0.29, 0.717) is 5.56 Å². The Labute approximate surface area is 143 Å². The summed E-state index contributed by atoms with van der Waals surface area (Å²) in [6.45, 7) is 3.28. The van der Waals surface area contributed by atoms with Crippen LogP contribution in [0.5, 0.6) is 11.5 Å². The molecule has 3 rings (SSSR count). The maximum Gasteiger partial charge on any atom is 0.273 e. The fourth-order valence-corrected chi connectivity index (χ4v) is 3.88. The molecule has 1 aliphatic heterocycles. The number of piperazine rings is 1. The van der Waals surface area contributed by atoms with Gasteiger partial charge in [0.2, 0.25) is 0 Å². The number of hydrogen-bond donors (Lipinski definition) is 2. The highest BCUT2D eigenvalue weighted by atomic mass is 32.1. The van der Waals surface area contributed by atoms with E-state index >= 15 is 0 Å². The number of thiophene rings is 1. The van der Waals surface area contributed by atoms with Crippen molar-refractivity contribution < 1.29 is 14.8 Å². The van der Waals surface area contributed by atoms with Crippen LogP contribution in [0.4, 0.5) is 5.69 Å². The Kier molecular flexibility index (Phi) is 4.98. The lowest BCUT2D eigenvalue weighted by Crippen LogP contribution is -2.45. The van der Waals surface area contributed by atoms with Crippen molar-refractivity contribution >= 4 is 17.0 Å². The first-order valence-corrected chi connectivity index (χ1v) is 8.53. The Morgan fingerprint density at radius 3 is 2.75 bits per heavy atom. The van der Waals surface area contributed by atoms with Gasteiger partial charge in [0.15, 0.2) is 11.5 Å². The quantitative estimate of drug-likeness (QED) is 0.636. The molecule has 0 unspecified atom stereocenters. The van der Waals surface area contributed by atoms with Crippen LogP contribution in [0.3, 0.4) is 0 Å². The summed E-state index contributed by atoms with van der Waals surface area (Å²) < 4.78 is 5.15. The first kappa shape index (κ1) is 16.7. The number of ether oxygens (including phenoxy) is 1. The fourth-order valence-electron chi connectivity index (χ4n) is 3.00. The van der Waals surface area contributed by atoms with E-state index in [4.69, 9.17) is 4.74 Å². The van der Waals surface area contributed by atoms with E-state index in [1.165, 1.54) is 19.2 Å². The van der Waals surface area contributed by atoms with Gasteiger partial charge in [-0.15, -0.1) is 11.3 Å². The van der Waals surface area contributed by atoms with Crippen molar-refractivity contribution in [1.82, 2.24) is 10.2 Å². The molecule has 24 heavy (non-hydrogen) atoms. The zero-order valence-corrected chi connectivity index (χ0v) is 14.1. The van der Waals surface area contributed by atoms with Crippen LogP contribution in [0.15, 0.2) is 29.6 Å². The van der Waals surface area contributed by atoms with Gasteiger partial charge < -0.3 is 15.2 Å². The number of nitrogens with zero attached hydrogens (tertiary/aromatic N) is 2. The van der Waals surface area contributed by atoms with E-state index in [1.54, 1.807) is 11.3 Å². The monoisotopic (exact) mass is 349 g/mol. The minimum atomic E-state index is -0.464. The van der Waals surface area contributed by atoms with E-state index in [2.05, 4.69) is 10.2 Å². The number of nitro benzene ring substituents is 1. The summed E-state index contributed by atoms with van der Waals surface area (Å²) in [7, 11) is 1.40. The van der Waals surface area contributed by atoms with Crippen LogP contribution in [0, 0.1) is 10.1 Å². The molecule has 0 amide bonds. The molecule has 1 atom stereocenters. The average Bonchev–Trinajstić information content (AvgIpc) is 3.11. The fraction of sp³-hybridized carbons (Fsp3) is 0.375. The summed E-state index contributed by atoms with van der Waals surface area (Å²) in [4.78, 5) is 14.1. The number of phenolic OH excluding ortho intramolecular Hbond substituents is 1. The van der Waals surface area contributed by atoms with Crippen LogP contribution in [-0.2, 0) is 0 Å². The van der Waals surface area contributed by atoms with Crippen LogP contribution in [0.1, 0.15) is 16.5 Å². The van der Waals surface area contributed by atoms with Gasteiger partial charge in [0.1, 0.15) is 0 Å². The van der Waals surface area contributed by atoms with Crippen LogP contribution >= 0.6 is 11.3 Å². The Balaban J connectivity index is 2.13. The van der Waals surface area contributed by atoms with Crippen LogP contribution in [-0.4, -0.2) is 48.2 Å². The molecule has 0 saturated carbocycles. The molecule has 0 radical (unpaired) electrons. The molecule has 2 heterocycles. The number of nitrogens with one attached hydrogen (secondary N) is 1. The molecular weight excluding hydrogens is 330 g/mol. The summed E-state index contributed by atoms with van der Waals surface area (Å²) in [6.07, 6.45) is 0. The van der Waals surface area contributed by atoms with E-state index in [1.807, 2.05) is 17.5 Å². The minimum absolute atomic E-state index is 0.0416. The highest BCUT2D eigenvalue weighted by Gasteiger charge is 2.30. The smallest absolute Gasteiger partial charge is 0.273 e. The number of rotatable bonds is 5. The molecule has 0 spiro atoms. The second kappa shape index (κ2) is 7.16. The van der Waals surface area contributed by atoms with E-state index < -0.39 is 4.92 Å². The van der Waals surface area contributed by atoms with E-state index in [9.17, 15) is 15.2 Å². The van der Waals surface area contributed by atoms with Crippen molar-refractivity contribution in [2.45, 2.75) is 6.04 Å². The third-order valence-corrected chi connectivity index (χ3v) is 5.07. The van der Waals surface area contributed by atoms with Gasteiger partial charge in [-0.25, -0.2) is 0 Å². The third-order valence-electron chi connectivity index (χ3n) is 4.14. The molecule has 0 bridgehead atoms. The molecule has 128 valence electrons. The summed E-state index contributed by atoms with van der Waals surface area (Å²) in [5.41, 5.74) is 0.418. The SMILES string of the molecule is COc1cc([N+](=O)[O-])cc([C@@H](c2cccs2)N2CCNCC2)c1O. The summed E-state index contributed by atoms with van der Waals surface area (Å²) >= 11 is 1.57. The number of phenols is 1. The van der Waals surface area contributed by atoms with Crippen molar-refractivity contribution in [2.24, 2.45) is 0 Å². The molecule has 1 aliphatic rings. The van der Waals surface area contributed by atoms with Gasteiger partial charge in [-0.3, -0.25) is 15.0 Å². The van der Waals surface area contributed by atoms with Crippen molar-refractivity contribution in [3.05, 3.63) is 50.2 Å². The lowest BCUT2D eigenvalue weighted by molar-refractivity contribution is -0.385. The lowest BCUT2D eigenvalue weighted by atomic mass is 10.00. The molecule has 1 aromatic heterocycles. The second-order valence-corrected chi connectivity index (χ2v) is 6.53. The van der Waals surface area contributed by atoms with Crippen molar-refractivity contribution in [3.8, 4) is 11.5 Å². The molecule has 1 saturated heterocycles. The second-order valence-electron chi connectivity index (χ2n) is 5.55. The number of non-ortho nitro benzene ring substituents is 1. The normalized spacial score (nSPS) is 16.7. The summed E-state index contributed by atoms with van der Waals surface area (Å²) in [6, 6.07) is 6.40. The predicted octanol–water partition coefficient (Wildman–Crippen LogP) is 2.37. The van der Waals surface area contributed by atoms with Crippen LogP contribution < -0.4 is 10.1 Å². The van der Waals surface area contributed by atoms with Gasteiger partial charge in [0.05, 0.1) is 24.1 Å². The standard InChI is InChI=1S/C16H19N3O4S/c1-23-13-10-11(19(21)22)9-12(16(13)20)15(14-3-2-8-24-14)18-6-4-17-5-7-18/h2-3,8-10,15,17,20H,4-7H2,1H3/t15-/m0/s1. The average molecular weight is 349 g/mol. The molecule has 2 aromatic rings. The van der Waals surface area contributed by atoms with Crippen molar-refractivity contribution in [1.29, 1.82) is 0 Å². The van der Waals surface area contributed by atoms with Gasteiger partial charge in [-0.1, -0.05) is 6.07 Å². The van der Waals surface area contributed by atoms with Gasteiger partial charge >= 0.3 is 0 Å². The predicted molar refractivity (Wildman–Crippen MR) is 91.9 cm³/mol. The van der Waals surface area contributed by atoms with Crippen LogP contribution in [0.25, 0.3) is 0 Å². The van der Waals surface area contributed by atoms with Gasteiger partial charge in [0, 0.05) is 42.7 Å². The highest BCUT2D eigenvalue weighted by Crippen LogP contribution is 2.43. The molecule has 7 nitrogen and oxygen atoms in total. The van der Waals surface area contributed by atoms with Crippen molar-refractivity contribution in [3.63, 3.8) is 0 Å². The maximum absolute atomic E-state index is 11.3. The Hall–Kier alpha value is -2.16. The van der Waals surface area contributed by atoms with Gasteiger partial charge in [0.25, 0.3) is 5.69 Å². The topological polar surface area (TPSA) is 87.9 Å². The number of hydrogen-bond acceptors (Lipinski definition) is 7. The number of aromatic hydroxyl groups is 1. The van der Waals surface area contributed by atoms with Gasteiger partial charge in [-0.2, -0.15) is 0 Å². The number of benzene rings is 1. The molecule has 0 aliphatic carbocycles. The molecular formula is C16H19N3O4S. The van der Waals surface area contributed by atoms with Crippen LogP contribution in [0.2, 0.25) is 0 Å². The van der Waals surface area contributed by atoms with Crippen molar-refractivity contribution in [2.75, 3.05) is 33.3 Å². The van der Waals surface area contributed by atoms with E-state index in [-0.39, 0.29) is 23.2 Å². The van der Waals surface area contributed by atoms with Gasteiger partial charge in [-0.05, 0) is 11.4 Å². The molecule has 1 fully saturated rings. The molecule has 8 heteroatoms. The first-order chi connectivity index (χ1) is 11.6. The Morgan fingerprint density at radius 1 is 1.42 bits per heavy atom. The minimum Gasteiger partial charge on any atom is -0.504 e. The maximum atomic E-state index is 11.3. The largest absolute Gasteiger partial charge is 0.504 e. The Bertz CT molecular complexity index is 714. The highest BCUT2D eigenvalue weighted by molar-refractivity contribution is 7.10. The number of nitro groups is 1. The summed E-state index contributed by atoms with van der Waals surface area (Å²) in [5.74, 6) is 0.0796. The van der Waals surface area contributed by atoms with E-state index in [0.717, 1.165) is 31.1 Å².